The molecule has 0 saturated carbocycles. The fourth-order valence-electron chi connectivity index (χ4n) is 1.91. The van der Waals surface area contributed by atoms with Crippen molar-refractivity contribution < 1.29 is 4.74 Å². The Balaban J connectivity index is 3.05. The number of alkyl halides is 1. The summed E-state index contributed by atoms with van der Waals surface area (Å²) in [6.45, 7) is 6.03. The summed E-state index contributed by atoms with van der Waals surface area (Å²) in [5, 5.41) is 1.61. The topological polar surface area (TPSA) is 12.5 Å². The molecule has 0 aliphatic carbocycles. The van der Waals surface area contributed by atoms with Crippen molar-refractivity contribution in [3.05, 3.63) is 28.8 Å². The van der Waals surface area contributed by atoms with Crippen molar-refractivity contribution >= 4 is 33.2 Å². The Morgan fingerprint density at radius 1 is 1.44 bits per heavy atom. The maximum atomic E-state index is 6.13. The van der Waals surface area contributed by atoms with Gasteiger partial charge >= 0.3 is 0 Å². The lowest BCUT2D eigenvalue weighted by molar-refractivity contribution is 0.203. The third-order valence-electron chi connectivity index (χ3n) is 3.16. The monoisotopic (exact) mass is 333 g/mol. The van der Waals surface area contributed by atoms with Crippen LogP contribution in [0.1, 0.15) is 25.8 Å². The molecule has 1 rings (SSSR count). The number of hydrogen-bond acceptors (Lipinski definition) is 2. The van der Waals surface area contributed by atoms with Crippen LogP contribution in [0.5, 0.6) is 0 Å². The standard InChI is InChI=1S/C14H21BrClNO/c1-4-11(2)17(7-8-18-3)14-9-13(16)6-5-12(14)10-15/h5-6,9,11H,4,7-8,10H2,1-3H3. The Bertz CT molecular complexity index is 373. The van der Waals surface area contributed by atoms with E-state index in [0.717, 1.165) is 29.9 Å². The highest BCUT2D eigenvalue weighted by Crippen LogP contribution is 2.28. The van der Waals surface area contributed by atoms with Crippen LogP contribution < -0.4 is 4.90 Å². The van der Waals surface area contributed by atoms with E-state index in [1.54, 1.807) is 7.11 Å². The molecule has 0 heterocycles. The van der Waals surface area contributed by atoms with Gasteiger partial charge in [0.25, 0.3) is 0 Å². The second kappa shape index (κ2) is 8.03. The predicted octanol–water partition coefficient (Wildman–Crippen LogP) is 4.49. The number of halogens is 2. The average molecular weight is 335 g/mol. The zero-order chi connectivity index (χ0) is 13.5. The Kier molecular flexibility index (Phi) is 7.05. The van der Waals surface area contributed by atoms with E-state index < -0.39 is 0 Å². The van der Waals surface area contributed by atoms with Crippen molar-refractivity contribution in [2.24, 2.45) is 0 Å². The van der Waals surface area contributed by atoms with Gasteiger partial charge in [-0.3, -0.25) is 0 Å². The number of ether oxygens (including phenoxy) is 1. The Hall–Kier alpha value is -0.250. The van der Waals surface area contributed by atoms with Crippen LogP contribution in [0.15, 0.2) is 18.2 Å². The second-order valence-corrected chi connectivity index (χ2v) is 5.35. The highest BCUT2D eigenvalue weighted by molar-refractivity contribution is 9.08. The highest BCUT2D eigenvalue weighted by atomic mass is 79.9. The quantitative estimate of drug-likeness (QED) is 0.681. The van der Waals surface area contributed by atoms with Crippen molar-refractivity contribution in [2.45, 2.75) is 31.6 Å². The molecule has 4 heteroatoms. The normalized spacial score (nSPS) is 12.5. The smallest absolute Gasteiger partial charge is 0.0637 e. The Morgan fingerprint density at radius 2 is 2.17 bits per heavy atom. The number of hydrogen-bond donors (Lipinski definition) is 0. The predicted molar refractivity (Wildman–Crippen MR) is 83.1 cm³/mol. The lowest BCUT2D eigenvalue weighted by Crippen LogP contribution is -2.36. The summed E-state index contributed by atoms with van der Waals surface area (Å²) in [6, 6.07) is 6.53. The van der Waals surface area contributed by atoms with Crippen LogP contribution in [0, 0.1) is 0 Å². The van der Waals surface area contributed by atoms with Gasteiger partial charge < -0.3 is 9.64 Å². The highest BCUT2D eigenvalue weighted by Gasteiger charge is 2.16. The van der Waals surface area contributed by atoms with Gasteiger partial charge in [0.1, 0.15) is 0 Å². The minimum Gasteiger partial charge on any atom is -0.383 e. The van der Waals surface area contributed by atoms with Crippen LogP contribution in [0.4, 0.5) is 5.69 Å². The molecule has 1 aromatic rings. The van der Waals surface area contributed by atoms with E-state index in [2.05, 4.69) is 40.7 Å². The van der Waals surface area contributed by atoms with E-state index in [0.29, 0.717) is 6.04 Å². The minimum absolute atomic E-state index is 0.469. The summed E-state index contributed by atoms with van der Waals surface area (Å²) in [5.41, 5.74) is 2.46. The molecule has 0 N–H and O–H groups in total. The van der Waals surface area contributed by atoms with E-state index in [-0.39, 0.29) is 0 Å². The van der Waals surface area contributed by atoms with Crippen LogP contribution in [-0.4, -0.2) is 26.3 Å². The molecule has 0 aliphatic rings. The minimum atomic E-state index is 0.469. The SMILES string of the molecule is CCC(C)N(CCOC)c1cc(Cl)ccc1CBr. The van der Waals surface area contributed by atoms with Crippen molar-refractivity contribution in [1.29, 1.82) is 0 Å². The number of methoxy groups -OCH3 is 1. The first kappa shape index (κ1) is 15.8. The third-order valence-corrected chi connectivity index (χ3v) is 4.00. The van der Waals surface area contributed by atoms with Gasteiger partial charge in [0.05, 0.1) is 6.61 Å². The first-order valence-corrected chi connectivity index (χ1v) is 7.73. The molecule has 0 aromatic heterocycles. The molecule has 0 bridgehead atoms. The van der Waals surface area contributed by atoms with Crippen molar-refractivity contribution in [3.63, 3.8) is 0 Å². The van der Waals surface area contributed by atoms with Crippen LogP contribution in [-0.2, 0) is 10.1 Å². The molecule has 1 atom stereocenters. The van der Waals surface area contributed by atoms with Gasteiger partial charge in [-0.25, -0.2) is 0 Å². The molecule has 0 radical (unpaired) electrons. The first-order chi connectivity index (χ1) is 8.63. The zero-order valence-electron chi connectivity index (χ0n) is 11.2. The van der Waals surface area contributed by atoms with Crippen molar-refractivity contribution in [2.75, 3.05) is 25.2 Å². The zero-order valence-corrected chi connectivity index (χ0v) is 13.6. The molecule has 0 aliphatic heterocycles. The summed E-state index contributed by atoms with van der Waals surface area (Å²) in [6.07, 6.45) is 1.10. The third kappa shape index (κ3) is 4.15. The molecule has 102 valence electrons. The molecule has 1 unspecified atom stereocenters. The Morgan fingerprint density at radius 3 is 2.72 bits per heavy atom. The maximum Gasteiger partial charge on any atom is 0.0637 e. The molecule has 0 spiro atoms. The summed E-state index contributed by atoms with van der Waals surface area (Å²) in [7, 11) is 1.73. The average Bonchev–Trinajstić information content (AvgIpc) is 2.39. The fourth-order valence-corrected chi connectivity index (χ4v) is 2.55. The van der Waals surface area contributed by atoms with E-state index in [1.807, 2.05) is 12.1 Å². The van der Waals surface area contributed by atoms with E-state index in [1.165, 1.54) is 11.3 Å². The first-order valence-electron chi connectivity index (χ1n) is 6.24. The van der Waals surface area contributed by atoms with Gasteiger partial charge in [0.15, 0.2) is 0 Å². The number of benzene rings is 1. The molecule has 0 fully saturated rings. The van der Waals surface area contributed by atoms with Gasteiger partial charge in [-0.05, 0) is 31.0 Å². The van der Waals surface area contributed by atoms with Gasteiger partial charge in [-0.2, -0.15) is 0 Å². The maximum absolute atomic E-state index is 6.13. The summed E-state index contributed by atoms with van der Waals surface area (Å²) < 4.78 is 5.21. The van der Waals surface area contributed by atoms with Crippen LogP contribution in [0.3, 0.4) is 0 Å². The van der Waals surface area contributed by atoms with Crippen molar-refractivity contribution in [1.82, 2.24) is 0 Å². The van der Waals surface area contributed by atoms with E-state index in [9.17, 15) is 0 Å². The second-order valence-electron chi connectivity index (χ2n) is 4.35. The molecule has 0 amide bonds. The van der Waals surface area contributed by atoms with Crippen LogP contribution in [0.25, 0.3) is 0 Å². The van der Waals surface area contributed by atoms with Gasteiger partial charge in [-0.1, -0.05) is 40.5 Å². The summed E-state index contributed by atoms with van der Waals surface area (Å²) in [5.74, 6) is 0. The summed E-state index contributed by atoms with van der Waals surface area (Å²) >= 11 is 9.67. The Labute approximate surface area is 123 Å². The lowest BCUT2D eigenvalue weighted by atomic mass is 10.1. The van der Waals surface area contributed by atoms with Gasteiger partial charge in [0.2, 0.25) is 0 Å². The summed E-state index contributed by atoms with van der Waals surface area (Å²) in [4.78, 5) is 2.37. The number of rotatable bonds is 7. The van der Waals surface area contributed by atoms with Crippen LogP contribution >= 0.6 is 27.5 Å². The fraction of sp³-hybridized carbons (Fsp3) is 0.571. The lowest BCUT2D eigenvalue weighted by Gasteiger charge is -2.32. The molecular formula is C14H21BrClNO. The van der Waals surface area contributed by atoms with E-state index >= 15 is 0 Å². The molecule has 1 aromatic carbocycles. The van der Waals surface area contributed by atoms with Crippen LogP contribution in [0.2, 0.25) is 5.02 Å². The number of nitrogens with zero attached hydrogens (tertiary/aromatic N) is 1. The van der Waals surface area contributed by atoms with Gasteiger partial charge in [-0.15, -0.1) is 0 Å². The largest absolute Gasteiger partial charge is 0.383 e. The number of anilines is 1. The molecular weight excluding hydrogens is 314 g/mol. The molecule has 0 saturated heterocycles. The molecule has 18 heavy (non-hydrogen) atoms. The van der Waals surface area contributed by atoms with E-state index in [4.69, 9.17) is 16.3 Å². The van der Waals surface area contributed by atoms with Gasteiger partial charge in [0, 0.05) is 35.7 Å². The molecule has 2 nitrogen and oxygen atoms in total. The van der Waals surface area contributed by atoms with Crippen molar-refractivity contribution in [3.8, 4) is 0 Å².